The summed E-state index contributed by atoms with van der Waals surface area (Å²) >= 11 is 0. The highest BCUT2D eigenvalue weighted by atomic mass is 16.4. The Labute approximate surface area is 119 Å². The average Bonchev–Trinajstić information content (AvgIpc) is 3.06. The molecular weight excluding hydrogens is 256 g/mol. The van der Waals surface area contributed by atoms with Crippen LogP contribution < -0.4 is 10.6 Å². The van der Waals surface area contributed by atoms with Gasteiger partial charge < -0.3 is 15.7 Å². The molecule has 0 spiro atoms. The first kappa shape index (κ1) is 14.9. The monoisotopic (exact) mass is 280 g/mol. The maximum absolute atomic E-state index is 11.9. The minimum Gasteiger partial charge on any atom is -0.481 e. The fraction of sp³-hybridized carbons (Fsp3) is 0.733. The first-order chi connectivity index (χ1) is 9.54. The molecule has 2 aliphatic carbocycles. The molecule has 3 N–H and O–H groups in total. The molecule has 2 atom stereocenters. The molecule has 5 heteroatoms. The van der Waals surface area contributed by atoms with Gasteiger partial charge in [0, 0.05) is 6.54 Å². The van der Waals surface area contributed by atoms with Gasteiger partial charge in [0.15, 0.2) is 0 Å². The fourth-order valence-electron chi connectivity index (χ4n) is 3.26. The molecule has 1 saturated carbocycles. The zero-order valence-electron chi connectivity index (χ0n) is 12.0. The highest BCUT2D eigenvalue weighted by Gasteiger charge is 2.32. The van der Waals surface area contributed by atoms with E-state index in [0.717, 1.165) is 6.42 Å². The van der Waals surface area contributed by atoms with Crippen LogP contribution in [0, 0.1) is 11.3 Å². The average molecular weight is 280 g/mol. The molecule has 0 radical (unpaired) electrons. The largest absolute Gasteiger partial charge is 0.481 e. The predicted molar refractivity (Wildman–Crippen MR) is 76.4 cm³/mol. The molecule has 0 heterocycles. The van der Waals surface area contributed by atoms with Crippen molar-refractivity contribution in [2.24, 2.45) is 11.3 Å². The summed E-state index contributed by atoms with van der Waals surface area (Å²) in [6.45, 7) is 2.90. The first-order valence-electron chi connectivity index (χ1n) is 7.50. The van der Waals surface area contributed by atoms with Crippen LogP contribution in [0.3, 0.4) is 0 Å². The molecule has 0 saturated heterocycles. The van der Waals surface area contributed by atoms with Gasteiger partial charge >= 0.3 is 12.0 Å². The number of aliphatic carboxylic acids is 1. The molecule has 2 rings (SSSR count). The van der Waals surface area contributed by atoms with Crippen molar-refractivity contribution in [2.75, 3.05) is 6.54 Å². The van der Waals surface area contributed by atoms with Gasteiger partial charge in [0.05, 0.1) is 12.0 Å². The van der Waals surface area contributed by atoms with E-state index < -0.39 is 11.9 Å². The fourth-order valence-corrected chi connectivity index (χ4v) is 3.26. The van der Waals surface area contributed by atoms with Gasteiger partial charge in [-0.1, -0.05) is 31.9 Å². The van der Waals surface area contributed by atoms with Crippen LogP contribution in [0.4, 0.5) is 4.79 Å². The van der Waals surface area contributed by atoms with E-state index in [4.69, 9.17) is 5.11 Å². The summed E-state index contributed by atoms with van der Waals surface area (Å²) < 4.78 is 0. The van der Waals surface area contributed by atoms with Crippen LogP contribution in [0.5, 0.6) is 0 Å². The van der Waals surface area contributed by atoms with Gasteiger partial charge in [0.1, 0.15) is 0 Å². The second-order valence-electron chi connectivity index (χ2n) is 6.06. The molecule has 20 heavy (non-hydrogen) atoms. The van der Waals surface area contributed by atoms with Crippen molar-refractivity contribution in [3.05, 3.63) is 12.2 Å². The highest BCUT2D eigenvalue weighted by molar-refractivity contribution is 5.76. The van der Waals surface area contributed by atoms with Crippen molar-refractivity contribution in [3.63, 3.8) is 0 Å². The van der Waals surface area contributed by atoms with E-state index in [1.807, 2.05) is 0 Å². The molecular formula is C15H24N2O3. The van der Waals surface area contributed by atoms with Crippen LogP contribution in [0.15, 0.2) is 12.2 Å². The summed E-state index contributed by atoms with van der Waals surface area (Å²) in [5.74, 6) is -1.31. The van der Waals surface area contributed by atoms with Gasteiger partial charge in [0.25, 0.3) is 0 Å². The van der Waals surface area contributed by atoms with Crippen LogP contribution in [0.1, 0.15) is 45.4 Å². The van der Waals surface area contributed by atoms with Crippen LogP contribution in [-0.4, -0.2) is 29.7 Å². The van der Waals surface area contributed by atoms with E-state index in [1.165, 1.54) is 25.7 Å². The van der Waals surface area contributed by atoms with E-state index in [1.54, 1.807) is 12.2 Å². The van der Waals surface area contributed by atoms with Crippen LogP contribution in [0.25, 0.3) is 0 Å². The predicted octanol–water partition coefficient (Wildman–Crippen LogP) is 2.29. The second kappa shape index (κ2) is 6.29. The van der Waals surface area contributed by atoms with Gasteiger partial charge in [-0.15, -0.1) is 0 Å². The highest BCUT2D eigenvalue weighted by Crippen LogP contribution is 2.40. The van der Waals surface area contributed by atoms with Crippen molar-refractivity contribution < 1.29 is 14.7 Å². The Balaban J connectivity index is 1.74. The zero-order valence-corrected chi connectivity index (χ0v) is 12.0. The molecule has 0 aliphatic heterocycles. The Morgan fingerprint density at radius 3 is 2.55 bits per heavy atom. The van der Waals surface area contributed by atoms with Crippen LogP contribution in [-0.2, 0) is 4.79 Å². The minimum absolute atomic E-state index is 0.169. The number of urea groups is 1. The maximum atomic E-state index is 11.9. The van der Waals surface area contributed by atoms with E-state index in [-0.39, 0.29) is 17.5 Å². The van der Waals surface area contributed by atoms with Crippen molar-refractivity contribution >= 4 is 12.0 Å². The molecule has 2 unspecified atom stereocenters. The number of rotatable bonds is 5. The smallest absolute Gasteiger partial charge is 0.315 e. The molecule has 2 amide bonds. The Bertz CT molecular complexity index is 400. The van der Waals surface area contributed by atoms with Crippen molar-refractivity contribution in [2.45, 2.75) is 51.5 Å². The SMILES string of the molecule is CCC1(CNC(=O)NC2C=CC(C(=O)O)C2)CCCC1. The number of hydrogen-bond acceptors (Lipinski definition) is 2. The quantitative estimate of drug-likeness (QED) is 0.676. The van der Waals surface area contributed by atoms with E-state index >= 15 is 0 Å². The van der Waals surface area contributed by atoms with E-state index in [2.05, 4.69) is 17.6 Å². The number of carbonyl (C=O) groups excluding carboxylic acids is 1. The molecule has 5 nitrogen and oxygen atoms in total. The second-order valence-corrected chi connectivity index (χ2v) is 6.06. The topological polar surface area (TPSA) is 78.4 Å². The summed E-state index contributed by atoms with van der Waals surface area (Å²) in [5.41, 5.74) is 0.270. The van der Waals surface area contributed by atoms with Gasteiger partial charge in [0.2, 0.25) is 0 Å². The zero-order chi connectivity index (χ0) is 14.6. The minimum atomic E-state index is -0.832. The lowest BCUT2D eigenvalue weighted by Gasteiger charge is -2.28. The molecule has 0 aromatic rings. The molecule has 2 aliphatic rings. The molecule has 0 aromatic heterocycles. The number of carbonyl (C=O) groups is 2. The Hall–Kier alpha value is -1.52. The Kier molecular flexibility index (Phi) is 4.68. The first-order valence-corrected chi connectivity index (χ1v) is 7.50. The standard InChI is InChI=1S/C15H24N2O3/c1-2-15(7-3-4-8-15)10-16-14(20)17-12-6-5-11(9-12)13(18)19/h5-6,11-12H,2-4,7-10H2,1H3,(H,18,19)(H2,16,17,20). The van der Waals surface area contributed by atoms with Crippen LogP contribution >= 0.6 is 0 Å². The molecule has 0 bridgehead atoms. The van der Waals surface area contributed by atoms with E-state index in [9.17, 15) is 9.59 Å². The van der Waals surface area contributed by atoms with Gasteiger partial charge in [-0.05, 0) is 31.1 Å². The lowest BCUT2D eigenvalue weighted by molar-refractivity contribution is -0.140. The van der Waals surface area contributed by atoms with Crippen molar-refractivity contribution in [1.29, 1.82) is 0 Å². The summed E-state index contributed by atoms with van der Waals surface area (Å²) in [4.78, 5) is 22.7. The third-order valence-corrected chi connectivity index (χ3v) is 4.76. The van der Waals surface area contributed by atoms with Gasteiger partial charge in [-0.2, -0.15) is 0 Å². The number of carboxylic acid groups (broad SMARTS) is 1. The summed E-state index contributed by atoms with van der Waals surface area (Å²) in [6.07, 6.45) is 9.84. The number of hydrogen-bond donors (Lipinski definition) is 3. The molecule has 1 fully saturated rings. The summed E-state index contributed by atoms with van der Waals surface area (Å²) in [6, 6.07) is -0.359. The molecule has 0 aromatic carbocycles. The third kappa shape index (κ3) is 3.52. The van der Waals surface area contributed by atoms with E-state index in [0.29, 0.717) is 13.0 Å². The van der Waals surface area contributed by atoms with Crippen LogP contribution in [0.2, 0.25) is 0 Å². The molecule has 112 valence electrons. The van der Waals surface area contributed by atoms with Gasteiger partial charge in [-0.3, -0.25) is 4.79 Å². The van der Waals surface area contributed by atoms with Crippen molar-refractivity contribution in [3.8, 4) is 0 Å². The Morgan fingerprint density at radius 2 is 2.00 bits per heavy atom. The number of carboxylic acids is 1. The number of nitrogens with one attached hydrogen (secondary N) is 2. The lowest BCUT2D eigenvalue weighted by Crippen LogP contribution is -2.45. The summed E-state index contributed by atoms with van der Waals surface area (Å²) in [5, 5.41) is 14.7. The summed E-state index contributed by atoms with van der Waals surface area (Å²) in [7, 11) is 0. The lowest BCUT2D eigenvalue weighted by atomic mass is 9.83. The van der Waals surface area contributed by atoms with Gasteiger partial charge in [-0.25, -0.2) is 4.79 Å². The Morgan fingerprint density at radius 1 is 1.30 bits per heavy atom. The van der Waals surface area contributed by atoms with Crippen molar-refractivity contribution in [1.82, 2.24) is 10.6 Å². The third-order valence-electron chi connectivity index (χ3n) is 4.76. The number of amides is 2. The normalized spacial score (nSPS) is 27.4. The maximum Gasteiger partial charge on any atom is 0.315 e.